The lowest BCUT2D eigenvalue weighted by atomic mass is 10.1. The van der Waals surface area contributed by atoms with E-state index in [1.54, 1.807) is 19.6 Å². The molecule has 2 aromatic heterocycles. The average molecular weight is 419 g/mol. The van der Waals surface area contributed by atoms with Gasteiger partial charge in [-0.2, -0.15) is 5.10 Å². The SMILES string of the molecule is COc1cc(/C(C=NC2CCc3cccnc3NC2=O)=N/N)ccc1-n1cnc(C)c1.[HH]. The van der Waals surface area contributed by atoms with Gasteiger partial charge < -0.3 is 20.5 Å². The van der Waals surface area contributed by atoms with Crippen LogP contribution in [0.15, 0.2) is 59.1 Å². The predicted molar refractivity (Wildman–Crippen MR) is 121 cm³/mol. The third-order valence-corrected chi connectivity index (χ3v) is 5.10. The quantitative estimate of drug-likeness (QED) is 0.374. The lowest BCUT2D eigenvalue weighted by Gasteiger charge is -2.11. The molecule has 0 spiro atoms. The first-order valence-corrected chi connectivity index (χ1v) is 9.84. The molecule has 9 heteroatoms. The number of anilines is 1. The minimum atomic E-state index is -0.555. The number of imidazole rings is 1. The zero-order chi connectivity index (χ0) is 21.8. The third kappa shape index (κ3) is 4.30. The normalized spacial score (nSPS) is 16.6. The van der Waals surface area contributed by atoms with Crippen LogP contribution in [0.5, 0.6) is 5.75 Å². The molecule has 1 aliphatic rings. The van der Waals surface area contributed by atoms with Crippen LogP contribution in [0.4, 0.5) is 5.82 Å². The Bertz CT molecular complexity index is 1170. The van der Waals surface area contributed by atoms with Crippen LogP contribution >= 0.6 is 0 Å². The Morgan fingerprint density at radius 1 is 1.39 bits per heavy atom. The molecule has 0 saturated heterocycles. The number of hydrogen-bond acceptors (Lipinski definition) is 7. The van der Waals surface area contributed by atoms with E-state index in [-0.39, 0.29) is 7.33 Å². The number of methoxy groups -OCH3 is 1. The van der Waals surface area contributed by atoms with Crippen molar-refractivity contribution in [3.8, 4) is 11.4 Å². The molecule has 160 valence electrons. The van der Waals surface area contributed by atoms with E-state index in [4.69, 9.17) is 10.6 Å². The summed E-state index contributed by atoms with van der Waals surface area (Å²) in [6, 6.07) is 8.86. The molecular formula is C22H25N7O2. The smallest absolute Gasteiger partial charge is 0.250 e. The lowest BCUT2D eigenvalue weighted by Crippen LogP contribution is -2.26. The molecule has 0 saturated carbocycles. The van der Waals surface area contributed by atoms with Crippen molar-refractivity contribution in [1.82, 2.24) is 14.5 Å². The summed E-state index contributed by atoms with van der Waals surface area (Å²) in [5, 5.41) is 6.70. The van der Waals surface area contributed by atoms with E-state index >= 15 is 0 Å². The second-order valence-corrected chi connectivity index (χ2v) is 7.16. The Hall–Kier alpha value is -4.01. The van der Waals surface area contributed by atoms with E-state index in [1.165, 1.54) is 6.21 Å². The van der Waals surface area contributed by atoms with Gasteiger partial charge >= 0.3 is 0 Å². The number of aryl methyl sites for hydroxylation is 2. The Morgan fingerprint density at radius 3 is 3.00 bits per heavy atom. The summed E-state index contributed by atoms with van der Waals surface area (Å²) < 4.78 is 7.43. The van der Waals surface area contributed by atoms with Crippen molar-refractivity contribution >= 4 is 23.7 Å². The zero-order valence-electron chi connectivity index (χ0n) is 17.3. The molecule has 3 N–H and O–H groups in total. The van der Waals surface area contributed by atoms with E-state index in [9.17, 15) is 4.79 Å². The highest BCUT2D eigenvalue weighted by atomic mass is 16.5. The molecule has 4 rings (SSSR count). The van der Waals surface area contributed by atoms with Crippen molar-refractivity contribution in [1.29, 1.82) is 0 Å². The summed E-state index contributed by atoms with van der Waals surface area (Å²) in [5.41, 5.74) is 3.91. The summed E-state index contributed by atoms with van der Waals surface area (Å²) in [6.45, 7) is 1.92. The van der Waals surface area contributed by atoms with Gasteiger partial charge in [-0.15, -0.1) is 0 Å². The number of pyridine rings is 1. The number of hydrazone groups is 1. The number of fused-ring (bicyclic) bond motifs is 1. The monoisotopic (exact) mass is 419 g/mol. The topological polar surface area (TPSA) is 120 Å². The van der Waals surface area contributed by atoms with Crippen LogP contribution in [-0.4, -0.2) is 45.5 Å². The third-order valence-electron chi connectivity index (χ3n) is 5.10. The predicted octanol–water partition coefficient (Wildman–Crippen LogP) is 2.52. The van der Waals surface area contributed by atoms with Crippen molar-refractivity contribution in [3.63, 3.8) is 0 Å². The number of carbonyl (C=O) groups excluding carboxylic acids is 1. The molecule has 1 aromatic carbocycles. The average Bonchev–Trinajstić information content (AvgIpc) is 3.15. The number of aromatic nitrogens is 3. The summed E-state index contributed by atoms with van der Waals surface area (Å²) in [5.74, 6) is 6.66. The van der Waals surface area contributed by atoms with Crippen LogP contribution in [0.3, 0.4) is 0 Å². The number of hydrogen-bond donors (Lipinski definition) is 2. The molecule has 1 atom stereocenters. The van der Waals surface area contributed by atoms with Gasteiger partial charge in [0, 0.05) is 19.4 Å². The number of benzene rings is 1. The largest absolute Gasteiger partial charge is 0.495 e. The summed E-state index contributed by atoms with van der Waals surface area (Å²) in [6.07, 6.45) is 8.10. The Labute approximate surface area is 181 Å². The molecule has 1 amide bonds. The molecule has 1 unspecified atom stereocenters. The van der Waals surface area contributed by atoms with Gasteiger partial charge in [-0.25, -0.2) is 9.97 Å². The maximum atomic E-state index is 12.6. The number of carbonyl (C=O) groups is 1. The first kappa shape index (κ1) is 20.3. The Morgan fingerprint density at radius 2 is 2.26 bits per heavy atom. The molecule has 3 heterocycles. The van der Waals surface area contributed by atoms with E-state index in [2.05, 4.69) is 25.4 Å². The first-order chi connectivity index (χ1) is 15.1. The molecule has 3 aromatic rings. The van der Waals surface area contributed by atoms with E-state index in [0.29, 0.717) is 30.1 Å². The number of nitrogens with two attached hydrogens (primary N) is 1. The maximum absolute atomic E-state index is 12.6. The fourth-order valence-electron chi connectivity index (χ4n) is 3.46. The minimum Gasteiger partial charge on any atom is -0.495 e. The van der Waals surface area contributed by atoms with Crippen molar-refractivity contribution in [3.05, 3.63) is 65.9 Å². The molecule has 0 aliphatic carbocycles. The van der Waals surface area contributed by atoms with Crippen LogP contribution in [0.1, 0.15) is 24.7 Å². The zero-order valence-corrected chi connectivity index (χ0v) is 17.3. The molecular weight excluding hydrogens is 394 g/mol. The molecule has 1 aliphatic heterocycles. The van der Waals surface area contributed by atoms with Crippen molar-refractivity contribution < 1.29 is 11.0 Å². The fraction of sp³-hybridized carbons (Fsp3) is 0.227. The molecule has 0 fully saturated rings. The number of aliphatic imine (C=N–C) groups is 1. The highest BCUT2D eigenvalue weighted by molar-refractivity contribution is 6.38. The van der Waals surface area contributed by atoms with Gasteiger partial charge in [0.25, 0.3) is 0 Å². The number of nitrogens with one attached hydrogen (secondary N) is 1. The van der Waals surface area contributed by atoms with E-state index in [0.717, 1.165) is 22.5 Å². The fourth-order valence-corrected chi connectivity index (χ4v) is 3.46. The first-order valence-electron chi connectivity index (χ1n) is 9.84. The van der Waals surface area contributed by atoms with Crippen molar-refractivity contribution in [2.24, 2.45) is 15.9 Å². The van der Waals surface area contributed by atoms with Gasteiger partial charge in [0.1, 0.15) is 23.3 Å². The standard InChI is InChI=1S/C22H23N7O2.H2/c1-14-12-29(13-26-14)19-8-6-16(10-20(19)31-2)18(28-23)11-25-17-7-5-15-4-3-9-24-21(15)27-22(17)30;/h3-4,6,8-13,17H,5,7,23H2,1-2H3,(H,24,27,30);1H/b25-11?,28-18+;. The van der Waals surface area contributed by atoms with Crippen molar-refractivity contribution in [2.75, 3.05) is 12.4 Å². The highest BCUT2D eigenvalue weighted by Gasteiger charge is 2.23. The summed E-state index contributed by atoms with van der Waals surface area (Å²) in [4.78, 5) is 25.5. The summed E-state index contributed by atoms with van der Waals surface area (Å²) >= 11 is 0. The van der Waals surface area contributed by atoms with Crippen LogP contribution in [0.2, 0.25) is 0 Å². The summed E-state index contributed by atoms with van der Waals surface area (Å²) in [7, 11) is 1.60. The second-order valence-electron chi connectivity index (χ2n) is 7.16. The van der Waals surface area contributed by atoms with Gasteiger partial charge in [-0.05, 0) is 43.5 Å². The van der Waals surface area contributed by atoms with Gasteiger partial charge in [0.15, 0.2) is 0 Å². The van der Waals surface area contributed by atoms with Crippen molar-refractivity contribution in [2.45, 2.75) is 25.8 Å². The number of nitrogens with zero attached hydrogens (tertiary/aromatic N) is 5. The molecule has 0 radical (unpaired) electrons. The Kier molecular flexibility index (Phi) is 5.74. The Balaban J connectivity index is 0.00000289. The number of rotatable bonds is 5. The number of amides is 1. The minimum absolute atomic E-state index is 0. The van der Waals surface area contributed by atoms with Crippen LogP contribution in [0, 0.1) is 6.92 Å². The molecule has 9 nitrogen and oxygen atoms in total. The van der Waals surface area contributed by atoms with Crippen LogP contribution < -0.4 is 15.9 Å². The van der Waals surface area contributed by atoms with Crippen LogP contribution in [-0.2, 0) is 11.2 Å². The van der Waals surface area contributed by atoms with Gasteiger partial charge in [-0.3, -0.25) is 9.79 Å². The van der Waals surface area contributed by atoms with Gasteiger partial charge in [0.05, 0.1) is 31.0 Å². The molecule has 0 bridgehead atoms. The van der Waals surface area contributed by atoms with E-state index in [1.807, 2.05) is 48.0 Å². The number of ether oxygens (including phenoxy) is 1. The molecule has 31 heavy (non-hydrogen) atoms. The highest BCUT2D eigenvalue weighted by Crippen LogP contribution is 2.25. The van der Waals surface area contributed by atoms with Crippen LogP contribution in [0.25, 0.3) is 5.69 Å². The van der Waals surface area contributed by atoms with Gasteiger partial charge in [-0.1, -0.05) is 12.1 Å². The van der Waals surface area contributed by atoms with E-state index < -0.39 is 6.04 Å². The lowest BCUT2D eigenvalue weighted by molar-refractivity contribution is -0.117. The maximum Gasteiger partial charge on any atom is 0.250 e. The second kappa shape index (κ2) is 8.78. The van der Waals surface area contributed by atoms with Gasteiger partial charge in [0.2, 0.25) is 5.91 Å².